The van der Waals surface area contributed by atoms with Crippen LogP contribution in [0.1, 0.15) is 42.4 Å². The first-order chi connectivity index (χ1) is 9.40. The van der Waals surface area contributed by atoms with E-state index in [4.69, 9.17) is 0 Å². The Hall–Kier alpha value is -0.963. The van der Waals surface area contributed by atoms with Crippen LogP contribution in [-0.2, 0) is 12.8 Å². The Kier molecular flexibility index (Phi) is 4.06. The van der Waals surface area contributed by atoms with Gasteiger partial charge in [0.2, 0.25) is 0 Å². The minimum absolute atomic E-state index is 0. The molecule has 0 aliphatic heterocycles. The third-order valence-electron chi connectivity index (χ3n) is 4.75. The van der Waals surface area contributed by atoms with Crippen molar-refractivity contribution in [2.24, 2.45) is 5.92 Å². The Morgan fingerprint density at radius 3 is 2.60 bits per heavy atom. The minimum atomic E-state index is 0. The maximum Gasteiger partial charge on any atom is 1.00 e. The second kappa shape index (κ2) is 5.80. The molecule has 0 spiro atoms. The van der Waals surface area contributed by atoms with E-state index in [0.717, 1.165) is 12.3 Å². The van der Waals surface area contributed by atoms with Gasteiger partial charge in [-0.25, -0.2) is 0 Å². The molecule has 0 saturated heterocycles. The first-order valence-electron chi connectivity index (χ1n) is 7.52. The Morgan fingerprint density at radius 1 is 0.950 bits per heavy atom. The van der Waals surface area contributed by atoms with Crippen LogP contribution in [0.15, 0.2) is 36.4 Å². The number of benzene rings is 2. The van der Waals surface area contributed by atoms with Crippen molar-refractivity contribution in [2.45, 2.75) is 38.5 Å². The molecule has 0 heterocycles. The van der Waals surface area contributed by atoms with Crippen LogP contribution in [0.5, 0.6) is 0 Å². The average molecular weight is 254 g/mol. The second-order valence-corrected chi connectivity index (χ2v) is 6.06. The topological polar surface area (TPSA) is 0 Å². The molecule has 1 saturated carbocycles. The van der Waals surface area contributed by atoms with E-state index < -0.39 is 0 Å². The van der Waals surface area contributed by atoms with Crippen molar-refractivity contribution < 1.29 is 18.9 Å². The number of rotatable bonds is 2. The van der Waals surface area contributed by atoms with Gasteiger partial charge in [0, 0.05) is 0 Å². The molecule has 20 heavy (non-hydrogen) atoms. The molecule has 2 aliphatic carbocycles. The van der Waals surface area contributed by atoms with Gasteiger partial charge in [0.25, 0.3) is 0 Å². The largest absolute Gasteiger partial charge is 1.00 e. The summed E-state index contributed by atoms with van der Waals surface area (Å²) in [6.07, 6.45) is 8.02. The molecule has 0 atom stereocenters. The molecule has 0 aromatic heterocycles. The molecule has 0 bridgehead atoms. The summed E-state index contributed by atoms with van der Waals surface area (Å²) in [5.74, 6) is 0.915. The van der Waals surface area contributed by atoms with E-state index in [1.54, 1.807) is 0 Å². The first kappa shape index (κ1) is 14.0. The van der Waals surface area contributed by atoms with Crippen molar-refractivity contribution in [3.63, 3.8) is 0 Å². The summed E-state index contributed by atoms with van der Waals surface area (Å²) < 4.78 is 0. The molecular weight excluding hydrogens is 235 g/mol. The standard InChI is InChI=1S/C19H19.Li/c1-2-6-14(5-1)11-15-9-10-19-17(12-15)13-16-7-3-4-8-18(16)19;/h3-4,7-10,14H,1-2,5-6,11,13H2;/q-1;+1. The van der Waals surface area contributed by atoms with Gasteiger partial charge in [-0.05, 0) is 18.8 Å². The molecule has 1 heteroatoms. The number of hydrogen-bond donors (Lipinski definition) is 0. The molecule has 0 radical (unpaired) electrons. The predicted octanol–water partition coefficient (Wildman–Crippen LogP) is 1.79. The molecule has 1 fully saturated rings. The van der Waals surface area contributed by atoms with E-state index >= 15 is 0 Å². The second-order valence-electron chi connectivity index (χ2n) is 6.06. The Morgan fingerprint density at radius 2 is 1.75 bits per heavy atom. The SMILES string of the molecule is [Li+].[c-]1c(CC2CCCC2)ccc2c1Cc1ccccc1-2. The summed E-state index contributed by atoms with van der Waals surface area (Å²) >= 11 is 0. The smallest absolute Gasteiger partial charge is 0.176 e. The van der Waals surface area contributed by atoms with Crippen molar-refractivity contribution in [1.29, 1.82) is 0 Å². The van der Waals surface area contributed by atoms with Crippen LogP contribution in [0.2, 0.25) is 0 Å². The van der Waals surface area contributed by atoms with Crippen molar-refractivity contribution in [3.8, 4) is 11.1 Å². The van der Waals surface area contributed by atoms with Gasteiger partial charge in [0.15, 0.2) is 0 Å². The summed E-state index contributed by atoms with van der Waals surface area (Å²) in [5, 5.41) is 0. The fourth-order valence-corrected chi connectivity index (χ4v) is 3.75. The average Bonchev–Trinajstić information content (AvgIpc) is 3.05. The van der Waals surface area contributed by atoms with Crippen LogP contribution in [0.4, 0.5) is 0 Å². The third-order valence-corrected chi connectivity index (χ3v) is 4.75. The molecule has 2 aromatic rings. The van der Waals surface area contributed by atoms with Gasteiger partial charge in [-0.15, -0.1) is 11.1 Å². The van der Waals surface area contributed by atoms with Crippen molar-refractivity contribution in [1.82, 2.24) is 0 Å². The number of fused-ring (bicyclic) bond motifs is 3. The van der Waals surface area contributed by atoms with E-state index in [9.17, 15) is 0 Å². The molecule has 2 aliphatic rings. The van der Waals surface area contributed by atoms with Crippen LogP contribution in [0.3, 0.4) is 0 Å². The molecule has 96 valence electrons. The minimum Gasteiger partial charge on any atom is -0.176 e. The van der Waals surface area contributed by atoms with E-state index in [-0.39, 0.29) is 18.9 Å². The van der Waals surface area contributed by atoms with E-state index in [0.29, 0.717) is 0 Å². The fraction of sp³-hybridized carbons (Fsp3) is 0.368. The summed E-state index contributed by atoms with van der Waals surface area (Å²) in [4.78, 5) is 0. The van der Waals surface area contributed by atoms with Gasteiger partial charge < -0.3 is 0 Å². The summed E-state index contributed by atoms with van der Waals surface area (Å²) in [6, 6.07) is 17.1. The summed E-state index contributed by atoms with van der Waals surface area (Å²) in [5.41, 5.74) is 7.13. The normalized spacial score (nSPS) is 16.6. The van der Waals surface area contributed by atoms with E-state index in [2.05, 4.69) is 42.5 Å². The van der Waals surface area contributed by atoms with Gasteiger partial charge in [-0.3, -0.25) is 0 Å². The quantitative estimate of drug-likeness (QED) is 0.483. The Bertz CT molecular complexity index is 609. The van der Waals surface area contributed by atoms with Crippen LogP contribution < -0.4 is 18.9 Å². The van der Waals surface area contributed by atoms with Gasteiger partial charge in [0.05, 0.1) is 0 Å². The maximum atomic E-state index is 3.70. The summed E-state index contributed by atoms with van der Waals surface area (Å²) in [6.45, 7) is 0. The van der Waals surface area contributed by atoms with Crippen LogP contribution >= 0.6 is 0 Å². The zero-order valence-corrected chi connectivity index (χ0v) is 12.3. The van der Waals surface area contributed by atoms with Crippen molar-refractivity contribution >= 4 is 0 Å². The molecule has 0 unspecified atom stereocenters. The molecule has 0 amide bonds. The first-order valence-corrected chi connectivity index (χ1v) is 7.52. The monoisotopic (exact) mass is 254 g/mol. The fourth-order valence-electron chi connectivity index (χ4n) is 3.75. The van der Waals surface area contributed by atoms with Gasteiger partial charge >= 0.3 is 18.9 Å². The summed E-state index contributed by atoms with van der Waals surface area (Å²) in [7, 11) is 0. The Labute approximate surface area is 133 Å². The van der Waals surface area contributed by atoms with Crippen LogP contribution in [0.25, 0.3) is 11.1 Å². The molecule has 4 rings (SSSR count). The van der Waals surface area contributed by atoms with Crippen LogP contribution in [-0.4, -0.2) is 0 Å². The van der Waals surface area contributed by atoms with Gasteiger partial charge in [0.1, 0.15) is 0 Å². The van der Waals surface area contributed by atoms with Gasteiger partial charge in [-0.2, -0.15) is 23.8 Å². The third kappa shape index (κ3) is 2.48. The zero-order valence-electron chi connectivity index (χ0n) is 12.3. The van der Waals surface area contributed by atoms with Crippen molar-refractivity contribution in [2.75, 3.05) is 0 Å². The zero-order chi connectivity index (χ0) is 12.7. The molecular formula is C19H19Li. The molecule has 0 nitrogen and oxygen atoms in total. The molecule has 2 aromatic carbocycles. The maximum absolute atomic E-state index is 3.70. The predicted molar refractivity (Wildman–Crippen MR) is 79.2 cm³/mol. The molecule has 0 N–H and O–H groups in total. The van der Waals surface area contributed by atoms with Crippen molar-refractivity contribution in [3.05, 3.63) is 59.2 Å². The van der Waals surface area contributed by atoms with E-state index in [1.165, 1.54) is 59.9 Å². The van der Waals surface area contributed by atoms with Gasteiger partial charge in [-0.1, -0.05) is 61.1 Å². The number of hydrogen-bond acceptors (Lipinski definition) is 0. The van der Waals surface area contributed by atoms with E-state index in [1.807, 2.05) is 0 Å². The van der Waals surface area contributed by atoms with Crippen LogP contribution in [0, 0.1) is 12.0 Å². The Balaban J connectivity index is 0.00000121.